The molecule has 1 aliphatic heterocycles. The maximum absolute atomic E-state index is 11.0. The molecule has 1 saturated heterocycles. The molecule has 1 aliphatic rings. The van der Waals surface area contributed by atoms with Crippen LogP contribution in [0.5, 0.6) is 0 Å². The summed E-state index contributed by atoms with van der Waals surface area (Å²) in [6, 6.07) is 0. The van der Waals surface area contributed by atoms with Gasteiger partial charge < -0.3 is 0 Å². The van der Waals surface area contributed by atoms with Gasteiger partial charge in [-0.25, -0.2) is 8.42 Å². The monoisotopic (exact) mass is 318 g/mol. The minimum Gasteiger partial charge on any atom is -0.229 e. The van der Waals surface area contributed by atoms with Crippen LogP contribution in [0.1, 0.15) is 33.0 Å². The number of thioether (sulfide) groups is 1. The molecular formula is C12H22N4O2S2. The predicted molar refractivity (Wildman–Crippen MR) is 80.6 cm³/mol. The summed E-state index contributed by atoms with van der Waals surface area (Å²) in [7, 11) is -2.67. The first-order chi connectivity index (χ1) is 9.26. The Labute approximate surface area is 124 Å². The number of tetrazole rings is 1. The number of rotatable bonds is 6. The first-order valence-corrected chi connectivity index (χ1v) is 9.81. The molecule has 0 radical (unpaired) electrons. The molecule has 0 N–H and O–H groups in total. The molecule has 20 heavy (non-hydrogen) atoms. The number of nitrogens with zero attached hydrogens (tertiary/aromatic N) is 4. The molecule has 8 heteroatoms. The largest absolute Gasteiger partial charge is 0.229 e. The molecule has 1 fully saturated rings. The van der Waals surface area contributed by atoms with Crippen molar-refractivity contribution in [2.75, 3.05) is 23.0 Å². The van der Waals surface area contributed by atoms with E-state index in [9.17, 15) is 8.42 Å². The van der Waals surface area contributed by atoms with Crippen molar-refractivity contribution in [3.05, 3.63) is 5.82 Å². The standard InChI is InChI=1S/C12H22N4O2S2/c1-12(2,3)16-14-11(13-15-16)5-7-19-6-4-10-8-20(17,18)9-10/h10H,4-9H2,1-3H3. The van der Waals surface area contributed by atoms with Crippen LogP contribution >= 0.6 is 11.8 Å². The van der Waals surface area contributed by atoms with E-state index in [0.717, 1.165) is 30.2 Å². The van der Waals surface area contributed by atoms with Crippen molar-refractivity contribution in [2.24, 2.45) is 5.92 Å². The van der Waals surface area contributed by atoms with Crippen LogP contribution < -0.4 is 0 Å². The average Bonchev–Trinajstić information content (AvgIpc) is 2.74. The minimum absolute atomic E-state index is 0.131. The van der Waals surface area contributed by atoms with E-state index in [2.05, 4.69) is 15.4 Å². The van der Waals surface area contributed by atoms with Gasteiger partial charge in [-0.2, -0.15) is 16.6 Å². The second-order valence-corrected chi connectivity index (χ2v) is 9.64. The van der Waals surface area contributed by atoms with E-state index in [1.54, 1.807) is 4.80 Å². The van der Waals surface area contributed by atoms with Crippen LogP contribution in [0.4, 0.5) is 0 Å². The van der Waals surface area contributed by atoms with E-state index < -0.39 is 9.84 Å². The third-order valence-electron chi connectivity index (χ3n) is 3.17. The zero-order valence-electron chi connectivity index (χ0n) is 12.2. The molecule has 0 aromatic carbocycles. The molecule has 2 heterocycles. The van der Waals surface area contributed by atoms with Crippen LogP contribution in [-0.2, 0) is 21.8 Å². The molecule has 0 atom stereocenters. The summed E-state index contributed by atoms with van der Waals surface area (Å²) in [5, 5.41) is 12.5. The molecule has 114 valence electrons. The Bertz CT molecular complexity index is 536. The predicted octanol–water partition coefficient (Wildman–Crippen LogP) is 1.14. The molecule has 0 saturated carbocycles. The average molecular weight is 318 g/mol. The molecule has 0 unspecified atom stereocenters. The van der Waals surface area contributed by atoms with Gasteiger partial charge in [0, 0.05) is 12.2 Å². The highest BCUT2D eigenvalue weighted by molar-refractivity contribution is 7.99. The lowest BCUT2D eigenvalue weighted by atomic mass is 10.1. The number of sulfone groups is 1. The summed E-state index contributed by atoms with van der Waals surface area (Å²) in [6.07, 6.45) is 1.80. The quantitative estimate of drug-likeness (QED) is 0.732. The van der Waals surface area contributed by atoms with Crippen molar-refractivity contribution in [1.29, 1.82) is 0 Å². The fourth-order valence-corrected chi connectivity index (χ4v) is 4.68. The van der Waals surface area contributed by atoms with Crippen molar-refractivity contribution in [3.63, 3.8) is 0 Å². The lowest BCUT2D eigenvalue weighted by Crippen LogP contribution is -2.36. The second kappa shape index (κ2) is 6.01. The Hall–Kier alpha value is -0.630. The molecule has 0 amide bonds. The summed E-state index contributed by atoms with van der Waals surface area (Å²) < 4.78 is 22.0. The first kappa shape index (κ1) is 15.8. The highest BCUT2D eigenvalue weighted by Gasteiger charge is 2.32. The van der Waals surface area contributed by atoms with E-state index in [1.165, 1.54) is 0 Å². The van der Waals surface area contributed by atoms with Gasteiger partial charge in [0.15, 0.2) is 15.7 Å². The van der Waals surface area contributed by atoms with Crippen LogP contribution in [0.15, 0.2) is 0 Å². The number of aromatic nitrogens is 4. The van der Waals surface area contributed by atoms with Gasteiger partial charge in [-0.05, 0) is 44.1 Å². The zero-order valence-corrected chi connectivity index (χ0v) is 13.9. The molecule has 1 aromatic heterocycles. The van der Waals surface area contributed by atoms with E-state index in [0.29, 0.717) is 17.4 Å². The van der Waals surface area contributed by atoms with E-state index in [4.69, 9.17) is 0 Å². The summed E-state index contributed by atoms with van der Waals surface area (Å²) in [4.78, 5) is 1.65. The summed E-state index contributed by atoms with van der Waals surface area (Å²) in [5.41, 5.74) is -0.131. The van der Waals surface area contributed by atoms with E-state index in [1.807, 2.05) is 32.5 Å². The van der Waals surface area contributed by atoms with Gasteiger partial charge in [0.25, 0.3) is 0 Å². The van der Waals surface area contributed by atoms with Gasteiger partial charge in [0.2, 0.25) is 0 Å². The smallest absolute Gasteiger partial charge is 0.175 e. The normalized spacial score (nSPS) is 18.9. The molecule has 1 aromatic rings. The SMILES string of the molecule is CC(C)(C)n1nnc(CCSCCC2CS(=O)(=O)C2)n1. The fraction of sp³-hybridized carbons (Fsp3) is 0.917. The molecule has 0 aliphatic carbocycles. The number of hydrogen-bond acceptors (Lipinski definition) is 6. The van der Waals surface area contributed by atoms with Crippen molar-refractivity contribution in [3.8, 4) is 0 Å². The molecule has 2 rings (SSSR count). The molecule has 6 nitrogen and oxygen atoms in total. The van der Waals surface area contributed by atoms with Crippen LogP contribution in [0.25, 0.3) is 0 Å². The lowest BCUT2D eigenvalue weighted by Gasteiger charge is -2.25. The van der Waals surface area contributed by atoms with Crippen LogP contribution in [0.3, 0.4) is 0 Å². The topological polar surface area (TPSA) is 77.7 Å². The van der Waals surface area contributed by atoms with Gasteiger partial charge in [-0.15, -0.1) is 10.2 Å². The minimum atomic E-state index is -2.67. The van der Waals surface area contributed by atoms with Crippen molar-refractivity contribution < 1.29 is 8.42 Å². The first-order valence-electron chi connectivity index (χ1n) is 6.84. The van der Waals surface area contributed by atoms with E-state index in [-0.39, 0.29) is 5.54 Å². The van der Waals surface area contributed by atoms with Crippen molar-refractivity contribution >= 4 is 21.6 Å². The Morgan fingerprint density at radius 3 is 2.55 bits per heavy atom. The maximum Gasteiger partial charge on any atom is 0.175 e. The Morgan fingerprint density at radius 1 is 1.30 bits per heavy atom. The van der Waals surface area contributed by atoms with Crippen molar-refractivity contribution in [1.82, 2.24) is 20.2 Å². The summed E-state index contributed by atoms with van der Waals surface area (Å²) >= 11 is 1.83. The molecule has 0 bridgehead atoms. The highest BCUT2D eigenvalue weighted by atomic mass is 32.2. The van der Waals surface area contributed by atoms with Gasteiger partial charge in [-0.3, -0.25) is 0 Å². The molecule has 0 spiro atoms. The van der Waals surface area contributed by atoms with Crippen LogP contribution in [-0.4, -0.2) is 51.6 Å². The lowest BCUT2D eigenvalue weighted by molar-refractivity contribution is 0.305. The highest BCUT2D eigenvalue weighted by Crippen LogP contribution is 2.23. The third kappa shape index (κ3) is 4.44. The Morgan fingerprint density at radius 2 is 2.00 bits per heavy atom. The van der Waals surface area contributed by atoms with Gasteiger partial charge in [-0.1, -0.05) is 0 Å². The second-order valence-electron chi connectivity index (χ2n) is 6.26. The fourth-order valence-electron chi connectivity index (χ4n) is 1.98. The van der Waals surface area contributed by atoms with Crippen LogP contribution in [0.2, 0.25) is 0 Å². The number of hydrogen-bond donors (Lipinski definition) is 0. The van der Waals surface area contributed by atoms with Gasteiger partial charge in [0.1, 0.15) is 0 Å². The Balaban J connectivity index is 1.61. The molecular weight excluding hydrogens is 296 g/mol. The number of aryl methyl sites for hydroxylation is 1. The summed E-state index contributed by atoms with van der Waals surface area (Å²) in [6.45, 7) is 6.12. The van der Waals surface area contributed by atoms with Gasteiger partial charge in [0.05, 0.1) is 17.0 Å². The van der Waals surface area contributed by atoms with Crippen molar-refractivity contribution in [2.45, 2.75) is 39.2 Å². The van der Waals surface area contributed by atoms with Crippen LogP contribution in [0, 0.1) is 5.92 Å². The maximum atomic E-state index is 11.0. The third-order valence-corrected chi connectivity index (χ3v) is 6.15. The van der Waals surface area contributed by atoms with Gasteiger partial charge >= 0.3 is 0 Å². The zero-order chi connectivity index (χ0) is 14.8. The Kier molecular flexibility index (Phi) is 4.73. The summed E-state index contributed by atoms with van der Waals surface area (Å²) in [5.74, 6) is 3.89. The van der Waals surface area contributed by atoms with E-state index >= 15 is 0 Å².